The Morgan fingerprint density at radius 2 is 2.27 bits per heavy atom. The Morgan fingerprint density at radius 3 is 3.09 bits per heavy atom. The fourth-order valence-electron chi connectivity index (χ4n) is 1.39. The predicted molar refractivity (Wildman–Crippen MR) is 43.1 cm³/mol. The van der Waals surface area contributed by atoms with E-state index in [-0.39, 0.29) is 0 Å². The second kappa shape index (κ2) is 2.22. The molecule has 0 fully saturated rings. The molecule has 0 saturated carbocycles. The van der Waals surface area contributed by atoms with Crippen LogP contribution in [0, 0.1) is 5.92 Å². The number of hydrogen-bond acceptors (Lipinski definition) is 2. The van der Waals surface area contributed by atoms with Crippen LogP contribution in [-0.4, -0.2) is 4.98 Å². The van der Waals surface area contributed by atoms with Crippen molar-refractivity contribution in [1.82, 2.24) is 4.98 Å². The summed E-state index contributed by atoms with van der Waals surface area (Å²) in [6, 6.07) is 0. The molecule has 2 atom stereocenters. The summed E-state index contributed by atoms with van der Waals surface area (Å²) in [5.74, 6) is 2.00. The lowest BCUT2D eigenvalue weighted by Gasteiger charge is -2.17. The molecule has 1 aliphatic rings. The molecule has 58 valence electrons. The van der Waals surface area contributed by atoms with Gasteiger partial charge in [0.15, 0.2) is 6.39 Å². The van der Waals surface area contributed by atoms with Crippen molar-refractivity contribution in [3.05, 3.63) is 23.9 Å². The highest BCUT2D eigenvalue weighted by Crippen LogP contribution is 2.31. The van der Waals surface area contributed by atoms with Gasteiger partial charge in [-0.25, -0.2) is 4.98 Å². The van der Waals surface area contributed by atoms with Gasteiger partial charge in [0.25, 0.3) is 0 Å². The molecule has 0 amide bonds. The van der Waals surface area contributed by atoms with E-state index in [1.54, 1.807) is 0 Å². The van der Waals surface area contributed by atoms with Crippen molar-refractivity contribution in [2.75, 3.05) is 0 Å². The highest BCUT2D eigenvalue weighted by molar-refractivity contribution is 5.50. The quantitative estimate of drug-likeness (QED) is 0.566. The highest BCUT2D eigenvalue weighted by Gasteiger charge is 2.21. The Morgan fingerprint density at radius 1 is 1.45 bits per heavy atom. The van der Waals surface area contributed by atoms with E-state index in [1.807, 2.05) is 6.08 Å². The lowest BCUT2D eigenvalue weighted by Crippen LogP contribution is -2.08. The molecule has 11 heavy (non-hydrogen) atoms. The van der Waals surface area contributed by atoms with Crippen molar-refractivity contribution in [2.24, 2.45) is 5.92 Å². The van der Waals surface area contributed by atoms with Crippen LogP contribution >= 0.6 is 0 Å². The fraction of sp³-hybridized carbons (Fsp3) is 0.444. The zero-order valence-corrected chi connectivity index (χ0v) is 6.74. The lowest BCUT2D eigenvalue weighted by atomic mass is 9.88. The molecule has 0 aliphatic heterocycles. The largest absolute Gasteiger partial charge is 0.444 e. The van der Waals surface area contributed by atoms with Crippen LogP contribution in [0.5, 0.6) is 0 Å². The molecule has 0 bridgehead atoms. The van der Waals surface area contributed by atoms with Crippen molar-refractivity contribution in [3.8, 4) is 0 Å². The lowest BCUT2D eigenvalue weighted by molar-refractivity contribution is 0.523. The molecule has 1 aromatic rings. The van der Waals surface area contributed by atoms with Crippen LogP contribution in [0.1, 0.15) is 31.2 Å². The maximum Gasteiger partial charge on any atom is 0.181 e. The highest BCUT2D eigenvalue weighted by atomic mass is 16.3. The maximum atomic E-state index is 5.18. The standard InChI is InChI=1S/C9H11NO/c1-6-3-4-8-9(7(6)2)10-5-11-8/h3-7H,1-2H3. The molecule has 0 saturated heterocycles. The van der Waals surface area contributed by atoms with Gasteiger partial charge in [0, 0.05) is 5.92 Å². The van der Waals surface area contributed by atoms with Crippen molar-refractivity contribution < 1.29 is 4.42 Å². The molecule has 1 aliphatic carbocycles. The SMILES string of the molecule is CC1C=Cc2ocnc2C1C. The first-order chi connectivity index (χ1) is 5.29. The molecule has 1 heterocycles. The normalized spacial score (nSPS) is 28.5. The number of hydrogen-bond donors (Lipinski definition) is 0. The molecule has 2 unspecified atom stereocenters. The Balaban J connectivity index is 2.48. The maximum absolute atomic E-state index is 5.18. The van der Waals surface area contributed by atoms with E-state index in [2.05, 4.69) is 24.9 Å². The van der Waals surface area contributed by atoms with Gasteiger partial charge in [-0.3, -0.25) is 0 Å². The van der Waals surface area contributed by atoms with Gasteiger partial charge in [-0.2, -0.15) is 0 Å². The average Bonchev–Trinajstić information content (AvgIpc) is 2.45. The van der Waals surface area contributed by atoms with Gasteiger partial charge >= 0.3 is 0 Å². The molecule has 2 nitrogen and oxygen atoms in total. The molecular formula is C9H11NO. The molecule has 0 radical (unpaired) electrons. The van der Waals surface area contributed by atoms with E-state index in [4.69, 9.17) is 4.42 Å². The molecule has 0 aromatic carbocycles. The van der Waals surface area contributed by atoms with Gasteiger partial charge < -0.3 is 4.42 Å². The summed E-state index contributed by atoms with van der Waals surface area (Å²) in [5, 5.41) is 0. The minimum Gasteiger partial charge on any atom is -0.444 e. The first-order valence-corrected chi connectivity index (χ1v) is 3.90. The third-order valence-electron chi connectivity index (χ3n) is 2.40. The van der Waals surface area contributed by atoms with Gasteiger partial charge in [0.1, 0.15) is 5.76 Å². The second-order valence-corrected chi connectivity index (χ2v) is 3.11. The molecule has 1 aromatic heterocycles. The van der Waals surface area contributed by atoms with E-state index in [9.17, 15) is 0 Å². The van der Waals surface area contributed by atoms with E-state index < -0.39 is 0 Å². The number of nitrogens with zero attached hydrogens (tertiary/aromatic N) is 1. The molecule has 2 rings (SSSR count). The van der Waals surface area contributed by atoms with Crippen LogP contribution in [0.25, 0.3) is 6.08 Å². The minimum absolute atomic E-state index is 0.494. The van der Waals surface area contributed by atoms with Gasteiger partial charge in [-0.05, 0) is 12.0 Å². The van der Waals surface area contributed by atoms with Crippen molar-refractivity contribution >= 4 is 6.08 Å². The van der Waals surface area contributed by atoms with Crippen LogP contribution in [0.2, 0.25) is 0 Å². The van der Waals surface area contributed by atoms with Gasteiger partial charge in [0.05, 0.1) is 5.69 Å². The van der Waals surface area contributed by atoms with Crippen LogP contribution in [0.15, 0.2) is 16.9 Å². The third-order valence-corrected chi connectivity index (χ3v) is 2.40. The summed E-state index contributed by atoms with van der Waals surface area (Å²) >= 11 is 0. The summed E-state index contributed by atoms with van der Waals surface area (Å²) in [6.45, 7) is 4.37. The topological polar surface area (TPSA) is 26.0 Å². The number of rotatable bonds is 0. The minimum atomic E-state index is 0.494. The van der Waals surface area contributed by atoms with Crippen molar-refractivity contribution in [2.45, 2.75) is 19.8 Å². The van der Waals surface area contributed by atoms with Gasteiger partial charge in [-0.1, -0.05) is 19.9 Å². The summed E-state index contributed by atoms with van der Waals surface area (Å²) in [4.78, 5) is 4.17. The summed E-state index contributed by atoms with van der Waals surface area (Å²) < 4.78 is 5.18. The number of aromatic nitrogens is 1. The Hall–Kier alpha value is -1.05. The second-order valence-electron chi connectivity index (χ2n) is 3.11. The average molecular weight is 149 g/mol. The molecular weight excluding hydrogens is 138 g/mol. The number of allylic oxidation sites excluding steroid dienone is 1. The first kappa shape index (κ1) is 6.65. The van der Waals surface area contributed by atoms with Crippen LogP contribution in [0.3, 0.4) is 0 Å². The summed E-state index contributed by atoms with van der Waals surface area (Å²) in [7, 11) is 0. The first-order valence-electron chi connectivity index (χ1n) is 3.90. The zero-order chi connectivity index (χ0) is 7.84. The van der Waals surface area contributed by atoms with Gasteiger partial charge in [-0.15, -0.1) is 0 Å². The molecule has 0 N–H and O–H groups in total. The summed E-state index contributed by atoms with van der Waals surface area (Å²) in [6.07, 6.45) is 5.69. The van der Waals surface area contributed by atoms with Crippen LogP contribution < -0.4 is 0 Å². The molecule has 0 spiro atoms. The zero-order valence-electron chi connectivity index (χ0n) is 6.74. The number of oxazole rings is 1. The van der Waals surface area contributed by atoms with E-state index >= 15 is 0 Å². The Kier molecular flexibility index (Phi) is 1.34. The number of fused-ring (bicyclic) bond motifs is 1. The smallest absolute Gasteiger partial charge is 0.181 e. The Labute approximate surface area is 65.9 Å². The fourth-order valence-corrected chi connectivity index (χ4v) is 1.39. The summed E-state index contributed by atoms with van der Waals surface area (Å²) in [5.41, 5.74) is 1.10. The Bertz CT molecular complexity index is 288. The predicted octanol–water partition coefficient (Wildman–Crippen LogP) is 2.44. The van der Waals surface area contributed by atoms with Crippen molar-refractivity contribution in [3.63, 3.8) is 0 Å². The monoisotopic (exact) mass is 149 g/mol. The van der Waals surface area contributed by atoms with Crippen LogP contribution in [0.4, 0.5) is 0 Å². The molecule has 2 heteroatoms. The van der Waals surface area contributed by atoms with Crippen molar-refractivity contribution in [1.29, 1.82) is 0 Å². The third kappa shape index (κ3) is 0.897. The van der Waals surface area contributed by atoms with E-state index in [1.165, 1.54) is 6.39 Å². The van der Waals surface area contributed by atoms with Crippen LogP contribution in [-0.2, 0) is 0 Å². The van der Waals surface area contributed by atoms with Gasteiger partial charge in [0.2, 0.25) is 0 Å². The van der Waals surface area contributed by atoms with E-state index in [0.29, 0.717) is 11.8 Å². The van der Waals surface area contributed by atoms with E-state index in [0.717, 1.165) is 11.5 Å².